The lowest BCUT2D eigenvalue weighted by atomic mass is 9.84. The standard InChI is InChI=1S/C16H24N4O/c1-3-17-14-8-11(2)18-9-13(14)16(21)19-15-10-20-6-4-12(15)5-7-20/h8-9,12,15H,3-7,10H2,1-2H3,(H,17,18)(H,19,21). The van der Waals surface area contributed by atoms with Gasteiger partial charge in [-0.25, -0.2) is 0 Å². The number of hydrogen-bond donors (Lipinski definition) is 2. The van der Waals surface area contributed by atoms with Crippen LogP contribution in [-0.2, 0) is 0 Å². The molecule has 3 aliphatic rings. The van der Waals surface area contributed by atoms with Gasteiger partial charge in [0.05, 0.1) is 11.3 Å². The molecule has 3 saturated heterocycles. The van der Waals surface area contributed by atoms with Crippen LogP contribution in [0.2, 0.25) is 0 Å². The molecule has 5 nitrogen and oxygen atoms in total. The van der Waals surface area contributed by atoms with Crippen LogP contribution >= 0.6 is 0 Å². The van der Waals surface area contributed by atoms with Gasteiger partial charge in [-0.15, -0.1) is 0 Å². The van der Waals surface area contributed by atoms with E-state index in [1.165, 1.54) is 25.9 Å². The van der Waals surface area contributed by atoms with Gasteiger partial charge in [-0.2, -0.15) is 0 Å². The van der Waals surface area contributed by atoms with Gasteiger partial charge >= 0.3 is 0 Å². The van der Waals surface area contributed by atoms with E-state index in [1.54, 1.807) is 6.20 Å². The van der Waals surface area contributed by atoms with Crippen molar-refractivity contribution in [3.63, 3.8) is 0 Å². The average Bonchev–Trinajstić information content (AvgIpc) is 2.49. The Morgan fingerprint density at radius 3 is 2.81 bits per heavy atom. The second-order valence-electron chi connectivity index (χ2n) is 6.12. The first-order valence-electron chi connectivity index (χ1n) is 7.91. The molecule has 1 unspecified atom stereocenters. The summed E-state index contributed by atoms with van der Waals surface area (Å²) in [6.45, 7) is 8.13. The number of piperidine rings is 3. The van der Waals surface area contributed by atoms with Crippen LogP contribution in [0.5, 0.6) is 0 Å². The van der Waals surface area contributed by atoms with Gasteiger partial charge in [0.2, 0.25) is 0 Å². The van der Waals surface area contributed by atoms with Crippen molar-refractivity contribution in [2.45, 2.75) is 32.7 Å². The monoisotopic (exact) mass is 288 g/mol. The fourth-order valence-corrected chi connectivity index (χ4v) is 3.45. The Bertz CT molecular complexity index is 523. The zero-order valence-electron chi connectivity index (χ0n) is 12.9. The van der Waals surface area contributed by atoms with Crippen molar-refractivity contribution >= 4 is 11.6 Å². The Morgan fingerprint density at radius 2 is 2.19 bits per heavy atom. The van der Waals surface area contributed by atoms with E-state index in [2.05, 4.69) is 20.5 Å². The molecule has 114 valence electrons. The maximum Gasteiger partial charge on any atom is 0.255 e. The largest absolute Gasteiger partial charge is 0.385 e. The van der Waals surface area contributed by atoms with Gasteiger partial charge in [-0.1, -0.05) is 0 Å². The normalized spacial score (nSPS) is 27.4. The average molecular weight is 288 g/mol. The van der Waals surface area contributed by atoms with Crippen molar-refractivity contribution < 1.29 is 4.79 Å². The summed E-state index contributed by atoms with van der Waals surface area (Å²) < 4.78 is 0. The van der Waals surface area contributed by atoms with E-state index in [0.717, 1.165) is 24.5 Å². The summed E-state index contributed by atoms with van der Waals surface area (Å²) in [5, 5.41) is 6.48. The number of nitrogens with one attached hydrogen (secondary N) is 2. The summed E-state index contributed by atoms with van der Waals surface area (Å²) in [6.07, 6.45) is 4.10. The zero-order chi connectivity index (χ0) is 14.8. The maximum absolute atomic E-state index is 12.6. The highest BCUT2D eigenvalue weighted by Gasteiger charge is 2.35. The molecular formula is C16H24N4O. The molecule has 1 aromatic rings. The third-order valence-corrected chi connectivity index (χ3v) is 4.63. The van der Waals surface area contributed by atoms with E-state index in [0.29, 0.717) is 11.5 Å². The van der Waals surface area contributed by atoms with Crippen LogP contribution < -0.4 is 10.6 Å². The molecule has 3 aliphatic heterocycles. The molecule has 5 heteroatoms. The van der Waals surface area contributed by atoms with Crippen LogP contribution in [0.4, 0.5) is 5.69 Å². The lowest BCUT2D eigenvalue weighted by Gasteiger charge is -2.44. The summed E-state index contributed by atoms with van der Waals surface area (Å²) in [6, 6.07) is 2.23. The smallest absolute Gasteiger partial charge is 0.255 e. The summed E-state index contributed by atoms with van der Waals surface area (Å²) in [5.74, 6) is 0.636. The van der Waals surface area contributed by atoms with E-state index in [1.807, 2.05) is 19.9 Å². The Morgan fingerprint density at radius 1 is 1.43 bits per heavy atom. The Kier molecular flexibility index (Phi) is 4.10. The van der Waals surface area contributed by atoms with Crippen molar-refractivity contribution in [3.8, 4) is 0 Å². The molecular weight excluding hydrogens is 264 g/mol. The molecule has 4 heterocycles. The highest BCUT2D eigenvalue weighted by atomic mass is 16.1. The molecule has 4 rings (SSSR count). The van der Waals surface area contributed by atoms with E-state index >= 15 is 0 Å². The highest BCUT2D eigenvalue weighted by molar-refractivity contribution is 5.99. The first-order chi connectivity index (χ1) is 10.2. The zero-order valence-corrected chi connectivity index (χ0v) is 12.9. The summed E-state index contributed by atoms with van der Waals surface area (Å²) in [7, 11) is 0. The molecule has 2 bridgehead atoms. The predicted molar refractivity (Wildman–Crippen MR) is 83.6 cm³/mol. The van der Waals surface area contributed by atoms with Gasteiger partial charge in [-0.05, 0) is 51.8 Å². The molecule has 21 heavy (non-hydrogen) atoms. The minimum atomic E-state index is -0.00259. The van der Waals surface area contributed by atoms with Crippen LogP contribution in [0.1, 0.15) is 35.8 Å². The second kappa shape index (κ2) is 6.02. The van der Waals surface area contributed by atoms with Gasteiger partial charge in [0.15, 0.2) is 0 Å². The number of anilines is 1. The van der Waals surface area contributed by atoms with Crippen LogP contribution in [0.25, 0.3) is 0 Å². The van der Waals surface area contributed by atoms with Crippen LogP contribution in [0.3, 0.4) is 0 Å². The number of carbonyl (C=O) groups is 1. The fraction of sp³-hybridized carbons (Fsp3) is 0.625. The number of hydrogen-bond acceptors (Lipinski definition) is 4. The number of amides is 1. The predicted octanol–water partition coefficient (Wildman–Crippen LogP) is 1.65. The molecule has 0 saturated carbocycles. The molecule has 1 atom stereocenters. The van der Waals surface area contributed by atoms with Crippen molar-refractivity contribution in [1.82, 2.24) is 15.2 Å². The van der Waals surface area contributed by atoms with Gasteiger partial charge in [-0.3, -0.25) is 9.78 Å². The molecule has 0 aliphatic carbocycles. The number of pyridine rings is 1. The summed E-state index contributed by atoms with van der Waals surface area (Å²) in [4.78, 5) is 19.3. The number of aromatic nitrogens is 1. The minimum absolute atomic E-state index is 0.00259. The third-order valence-electron chi connectivity index (χ3n) is 4.63. The molecule has 0 radical (unpaired) electrons. The Balaban J connectivity index is 1.73. The van der Waals surface area contributed by atoms with Crippen LogP contribution in [0, 0.1) is 12.8 Å². The second-order valence-corrected chi connectivity index (χ2v) is 6.12. The van der Waals surface area contributed by atoms with Crippen molar-refractivity contribution in [2.24, 2.45) is 5.92 Å². The van der Waals surface area contributed by atoms with E-state index in [-0.39, 0.29) is 11.9 Å². The van der Waals surface area contributed by atoms with E-state index < -0.39 is 0 Å². The molecule has 3 fully saturated rings. The maximum atomic E-state index is 12.6. The number of rotatable bonds is 4. The summed E-state index contributed by atoms with van der Waals surface area (Å²) in [5.41, 5.74) is 2.45. The summed E-state index contributed by atoms with van der Waals surface area (Å²) >= 11 is 0. The third kappa shape index (κ3) is 3.02. The number of aryl methyl sites for hydroxylation is 1. The van der Waals surface area contributed by atoms with Crippen molar-refractivity contribution in [1.29, 1.82) is 0 Å². The molecule has 1 amide bonds. The first-order valence-corrected chi connectivity index (χ1v) is 7.91. The minimum Gasteiger partial charge on any atom is -0.385 e. The lowest BCUT2D eigenvalue weighted by Crippen LogP contribution is -2.57. The van der Waals surface area contributed by atoms with Crippen molar-refractivity contribution in [2.75, 3.05) is 31.5 Å². The van der Waals surface area contributed by atoms with Gasteiger partial charge < -0.3 is 15.5 Å². The van der Waals surface area contributed by atoms with E-state index in [9.17, 15) is 4.79 Å². The first kappa shape index (κ1) is 14.3. The molecule has 0 aromatic carbocycles. The quantitative estimate of drug-likeness (QED) is 0.884. The van der Waals surface area contributed by atoms with Crippen LogP contribution in [-0.4, -0.2) is 48.0 Å². The van der Waals surface area contributed by atoms with E-state index in [4.69, 9.17) is 0 Å². The SMILES string of the molecule is CCNc1cc(C)ncc1C(=O)NC1CN2CCC1CC2. The van der Waals surface area contributed by atoms with Gasteiger partial charge in [0.25, 0.3) is 5.91 Å². The molecule has 0 spiro atoms. The van der Waals surface area contributed by atoms with Gasteiger partial charge in [0, 0.05) is 31.0 Å². The van der Waals surface area contributed by atoms with Crippen LogP contribution in [0.15, 0.2) is 12.3 Å². The number of nitrogens with zero attached hydrogens (tertiary/aromatic N) is 2. The lowest BCUT2D eigenvalue weighted by molar-refractivity contribution is 0.0620. The van der Waals surface area contributed by atoms with Gasteiger partial charge in [0.1, 0.15) is 0 Å². The topological polar surface area (TPSA) is 57.3 Å². The Labute approximate surface area is 126 Å². The van der Waals surface area contributed by atoms with Crippen molar-refractivity contribution in [3.05, 3.63) is 23.5 Å². The number of carbonyl (C=O) groups excluding carboxylic acids is 1. The molecule has 1 aromatic heterocycles. The molecule has 2 N–H and O–H groups in total. The number of fused-ring (bicyclic) bond motifs is 3. The highest BCUT2D eigenvalue weighted by Crippen LogP contribution is 2.28. The fourth-order valence-electron chi connectivity index (χ4n) is 3.45. The Hall–Kier alpha value is -1.62.